The van der Waals surface area contributed by atoms with Gasteiger partial charge in [-0.2, -0.15) is 19.7 Å². The Morgan fingerprint density at radius 1 is 1.24 bits per heavy atom. The van der Waals surface area contributed by atoms with Crippen molar-refractivity contribution in [3.8, 4) is 0 Å². The zero-order valence-corrected chi connectivity index (χ0v) is 15.1. The SMILES string of the molecule is CCCc1cc(N2CCCC2Cn2nc(C)nc2C)n2ncnc2n1. The third-order valence-corrected chi connectivity index (χ3v) is 4.81. The lowest BCUT2D eigenvalue weighted by atomic mass is 10.2. The molecule has 8 heteroatoms. The lowest BCUT2D eigenvalue weighted by Crippen LogP contribution is -2.35. The van der Waals surface area contributed by atoms with Crippen LogP contribution in [0.3, 0.4) is 0 Å². The Labute approximate surface area is 146 Å². The van der Waals surface area contributed by atoms with E-state index in [1.165, 1.54) is 6.42 Å². The van der Waals surface area contributed by atoms with E-state index in [-0.39, 0.29) is 0 Å². The van der Waals surface area contributed by atoms with Crippen molar-refractivity contribution in [1.29, 1.82) is 0 Å². The molecule has 25 heavy (non-hydrogen) atoms. The average molecular weight is 340 g/mol. The summed E-state index contributed by atoms with van der Waals surface area (Å²) in [4.78, 5) is 15.8. The van der Waals surface area contributed by atoms with Gasteiger partial charge in [-0.25, -0.2) is 14.6 Å². The van der Waals surface area contributed by atoms with E-state index in [9.17, 15) is 0 Å². The highest BCUT2D eigenvalue weighted by Gasteiger charge is 2.28. The minimum atomic E-state index is 0.379. The topological polar surface area (TPSA) is 77.0 Å². The van der Waals surface area contributed by atoms with Gasteiger partial charge in [-0.05, 0) is 33.1 Å². The molecule has 3 aromatic heterocycles. The second-order valence-corrected chi connectivity index (χ2v) is 6.71. The predicted molar refractivity (Wildman–Crippen MR) is 94.6 cm³/mol. The lowest BCUT2D eigenvalue weighted by molar-refractivity contribution is 0.493. The van der Waals surface area contributed by atoms with Crippen LogP contribution in [0.4, 0.5) is 5.82 Å². The zero-order chi connectivity index (χ0) is 17.4. The van der Waals surface area contributed by atoms with Crippen molar-refractivity contribution < 1.29 is 0 Å². The van der Waals surface area contributed by atoms with Gasteiger partial charge in [0.1, 0.15) is 23.8 Å². The van der Waals surface area contributed by atoms with E-state index in [1.54, 1.807) is 6.33 Å². The Morgan fingerprint density at radius 3 is 2.88 bits per heavy atom. The molecule has 132 valence electrons. The summed E-state index contributed by atoms with van der Waals surface area (Å²) in [6.07, 6.45) is 5.91. The van der Waals surface area contributed by atoms with Gasteiger partial charge in [0.15, 0.2) is 0 Å². The van der Waals surface area contributed by atoms with E-state index in [0.717, 1.165) is 55.5 Å². The van der Waals surface area contributed by atoms with E-state index in [0.29, 0.717) is 11.8 Å². The smallest absolute Gasteiger partial charge is 0.254 e. The average Bonchev–Trinajstić information content (AvgIpc) is 3.28. The first kappa shape index (κ1) is 16.0. The van der Waals surface area contributed by atoms with E-state index in [4.69, 9.17) is 0 Å². The minimum Gasteiger partial charge on any atom is -0.352 e. The molecular formula is C17H24N8. The molecule has 1 aliphatic heterocycles. The standard InChI is InChI=1S/C17H24N8/c1-4-6-14-9-16(25-17(21-14)18-11-19-25)23-8-5-7-15(23)10-24-13(3)20-12(2)22-24/h9,11,15H,4-8,10H2,1-3H3. The number of nitrogens with zero attached hydrogens (tertiary/aromatic N) is 8. The number of hydrogen-bond donors (Lipinski definition) is 0. The molecule has 0 bridgehead atoms. The largest absolute Gasteiger partial charge is 0.352 e. The molecule has 0 amide bonds. The summed E-state index contributed by atoms with van der Waals surface area (Å²) < 4.78 is 3.88. The fourth-order valence-electron chi connectivity index (χ4n) is 3.69. The Kier molecular flexibility index (Phi) is 4.10. The molecule has 1 atom stereocenters. The molecule has 0 aliphatic carbocycles. The highest BCUT2D eigenvalue weighted by molar-refractivity contribution is 5.49. The quantitative estimate of drug-likeness (QED) is 0.706. The second kappa shape index (κ2) is 6.42. The van der Waals surface area contributed by atoms with E-state index in [1.807, 2.05) is 23.0 Å². The summed E-state index contributed by atoms with van der Waals surface area (Å²) in [6, 6.07) is 2.55. The predicted octanol–water partition coefficient (Wildman–Crippen LogP) is 1.95. The van der Waals surface area contributed by atoms with Crippen molar-refractivity contribution in [2.75, 3.05) is 11.4 Å². The fourth-order valence-corrected chi connectivity index (χ4v) is 3.69. The van der Waals surface area contributed by atoms with Gasteiger partial charge < -0.3 is 4.90 Å². The maximum absolute atomic E-state index is 4.62. The highest BCUT2D eigenvalue weighted by atomic mass is 15.4. The number of aryl methyl sites for hydroxylation is 3. The number of rotatable bonds is 5. The molecule has 0 spiro atoms. The monoisotopic (exact) mass is 340 g/mol. The van der Waals surface area contributed by atoms with Crippen molar-refractivity contribution in [3.05, 3.63) is 29.7 Å². The molecule has 4 heterocycles. The summed E-state index contributed by atoms with van der Waals surface area (Å²) in [5.74, 6) is 3.56. The summed E-state index contributed by atoms with van der Waals surface area (Å²) in [5, 5.41) is 8.93. The van der Waals surface area contributed by atoms with Crippen molar-refractivity contribution >= 4 is 11.6 Å². The van der Waals surface area contributed by atoms with Gasteiger partial charge in [-0.15, -0.1) is 0 Å². The van der Waals surface area contributed by atoms with Gasteiger partial charge in [0.05, 0.1) is 12.6 Å². The van der Waals surface area contributed by atoms with Gasteiger partial charge in [-0.1, -0.05) is 13.3 Å². The Hall–Kier alpha value is -2.51. The molecule has 0 saturated carbocycles. The summed E-state index contributed by atoms with van der Waals surface area (Å²) >= 11 is 0. The Bertz CT molecular complexity index is 880. The molecule has 0 radical (unpaired) electrons. The van der Waals surface area contributed by atoms with Gasteiger partial charge in [0, 0.05) is 18.3 Å². The third-order valence-electron chi connectivity index (χ3n) is 4.81. The first-order valence-electron chi connectivity index (χ1n) is 9.00. The van der Waals surface area contributed by atoms with Crippen LogP contribution in [-0.4, -0.2) is 46.9 Å². The van der Waals surface area contributed by atoms with Crippen LogP contribution in [0.25, 0.3) is 5.78 Å². The summed E-state index contributed by atoms with van der Waals surface area (Å²) in [6.45, 7) is 7.98. The number of aromatic nitrogens is 7. The molecule has 0 aromatic carbocycles. The van der Waals surface area contributed by atoms with Gasteiger partial charge >= 0.3 is 0 Å². The normalized spacial score (nSPS) is 17.7. The lowest BCUT2D eigenvalue weighted by Gasteiger charge is -2.27. The van der Waals surface area contributed by atoms with Crippen LogP contribution in [-0.2, 0) is 13.0 Å². The Morgan fingerprint density at radius 2 is 2.12 bits per heavy atom. The summed E-state index contributed by atoms with van der Waals surface area (Å²) in [5.41, 5.74) is 1.08. The molecule has 1 saturated heterocycles. The molecular weight excluding hydrogens is 316 g/mol. The van der Waals surface area contributed by atoms with Crippen LogP contribution in [0.1, 0.15) is 43.5 Å². The zero-order valence-electron chi connectivity index (χ0n) is 15.1. The second-order valence-electron chi connectivity index (χ2n) is 6.71. The van der Waals surface area contributed by atoms with E-state index in [2.05, 4.69) is 43.0 Å². The van der Waals surface area contributed by atoms with Crippen molar-refractivity contribution in [2.45, 2.75) is 59.0 Å². The van der Waals surface area contributed by atoms with Crippen LogP contribution in [0.15, 0.2) is 12.4 Å². The van der Waals surface area contributed by atoms with Crippen LogP contribution >= 0.6 is 0 Å². The number of hydrogen-bond acceptors (Lipinski definition) is 6. The molecule has 8 nitrogen and oxygen atoms in total. The molecule has 4 rings (SSSR count). The third kappa shape index (κ3) is 2.96. The molecule has 1 fully saturated rings. The van der Waals surface area contributed by atoms with Crippen LogP contribution in [0.5, 0.6) is 0 Å². The number of anilines is 1. The van der Waals surface area contributed by atoms with E-state index < -0.39 is 0 Å². The van der Waals surface area contributed by atoms with Gasteiger partial charge in [0.2, 0.25) is 0 Å². The van der Waals surface area contributed by atoms with Crippen molar-refractivity contribution in [3.63, 3.8) is 0 Å². The van der Waals surface area contributed by atoms with Crippen molar-refractivity contribution in [2.24, 2.45) is 0 Å². The molecule has 3 aromatic rings. The van der Waals surface area contributed by atoms with Crippen LogP contribution < -0.4 is 4.90 Å². The molecule has 0 N–H and O–H groups in total. The maximum Gasteiger partial charge on any atom is 0.254 e. The van der Waals surface area contributed by atoms with Crippen LogP contribution in [0.2, 0.25) is 0 Å². The van der Waals surface area contributed by atoms with Gasteiger partial charge in [-0.3, -0.25) is 0 Å². The number of fused-ring (bicyclic) bond motifs is 1. The van der Waals surface area contributed by atoms with E-state index >= 15 is 0 Å². The Balaban J connectivity index is 1.69. The summed E-state index contributed by atoms with van der Waals surface area (Å²) in [7, 11) is 0. The first-order chi connectivity index (χ1) is 12.2. The van der Waals surface area contributed by atoms with Crippen LogP contribution in [0, 0.1) is 13.8 Å². The van der Waals surface area contributed by atoms with Crippen molar-refractivity contribution in [1.82, 2.24) is 34.3 Å². The molecule has 1 aliphatic rings. The molecule has 1 unspecified atom stereocenters. The van der Waals surface area contributed by atoms with Gasteiger partial charge in [0.25, 0.3) is 5.78 Å². The maximum atomic E-state index is 4.62. The highest BCUT2D eigenvalue weighted by Crippen LogP contribution is 2.27. The first-order valence-corrected chi connectivity index (χ1v) is 9.00. The fraction of sp³-hybridized carbons (Fsp3) is 0.588. The minimum absolute atomic E-state index is 0.379.